The van der Waals surface area contributed by atoms with Gasteiger partial charge in [-0.1, -0.05) is 22.8 Å². The highest BCUT2D eigenvalue weighted by atomic mass is 35.5. The second kappa shape index (κ2) is 7.78. The highest BCUT2D eigenvalue weighted by Crippen LogP contribution is 2.25. The van der Waals surface area contributed by atoms with Gasteiger partial charge in [0.05, 0.1) is 11.4 Å². The minimum Gasteiger partial charge on any atom is -0.406 e. The van der Waals surface area contributed by atoms with E-state index < -0.39 is 27.0 Å². The largest absolute Gasteiger partial charge is 0.573 e. The van der Waals surface area contributed by atoms with E-state index in [4.69, 9.17) is 16.1 Å². The summed E-state index contributed by atoms with van der Waals surface area (Å²) in [7, 11) is -4.14. The third-order valence-electron chi connectivity index (χ3n) is 3.33. The van der Waals surface area contributed by atoms with Crippen molar-refractivity contribution in [2.75, 3.05) is 0 Å². The molecule has 0 spiro atoms. The summed E-state index contributed by atoms with van der Waals surface area (Å²) in [5, 5.41) is 4.26. The predicted molar refractivity (Wildman–Crippen MR) is 91.9 cm³/mol. The zero-order valence-electron chi connectivity index (χ0n) is 13.8. The summed E-state index contributed by atoms with van der Waals surface area (Å²) in [6, 6.07) is 10.6. The Morgan fingerprint density at radius 1 is 1.14 bits per heavy atom. The molecular formula is C16H11ClF3N3O4S. The van der Waals surface area contributed by atoms with Crippen LogP contribution in [0.25, 0.3) is 11.4 Å². The summed E-state index contributed by atoms with van der Waals surface area (Å²) in [5.41, 5.74) is 0.610. The highest BCUT2D eigenvalue weighted by Gasteiger charge is 2.31. The number of benzene rings is 2. The van der Waals surface area contributed by atoms with Crippen LogP contribution in [0.3, 0.4) is 0 Å². The number of sulfonamides is 1. The Labute approximate surface area is 162 Å². The fourth-order valence-corrected chi connectivity index (χ4v) is 3.26. The second-order valence-corrected chi connectivity index (χ2v) is 7.57. The van der Waals surface area contributed by atoms with Crippen molar-refractivity contribution >= 4 is 21.6 Å². The summed E-state index contributed by atoms with van der Waals surface area (Å²) >= 11 is 5.80. The van der Waals surface area contributed by atoms with Crippen LogP contribution in [0.5, 0.6) is 5.75 Å². The fraction of sp³-hybridized carbons (Fsp3) is 0.125. The van der Waals surface area contributed by atoms with Crippen molar-refractivity contribution in [1.82, 2.24) is 14.9 Å². The first-order chi connectivity index (χ1) is 13.1. The van der Waals surface area contributed by atoms with E-state index in [-0.39, 0.29) is 18.3 Å². The third kappa shape index (κ3) is 5.21. The quantitative estimate of drug-likeness (QED) is 0.636. The molecule has 148 valence electrons. The van der Waals surface area contributed by atoms with Crippen LogP contribution in [0.15, 0.2) is 57.9 Å². The molecule has 7 nitrogen and oxygen atoms in total. The second-order valence-electron chi connectivity index (χ2n) is 5.37. The number of aromatic nitrogens is 2. The summed E-state index contributed by atoms with van der Waals surface area (Å²) in [6.07, 6.45) is -4.93. The molecule has 3 rings (SSSR count). The van der Waals surface area contributed by atoms with Crippen LogP contribution >= 0.6 is 11.6 Å². The molecule has 2 aromatic carbocycles. The number of nitrogens with one attached hydrogen (secondary N) is 1. The van der Waals surface area contributed by atoms with E-state index in [2.05, 4.69) is 19.6 Å². The molecule has 28 heavy (non-hydrogen) atoms. The lowest BCUT2D eigenvalue weighted by atomic mass is 10.2. The lowest BCUT2D eigenvalue weighted by Crippen LogP contribution is -2.24. The van der Waals surface area contributed by atoms with E-state index >= 15 is 0 Å². The van der Waals surface area contributed by atoms with E-state index in [1.165, 1.54) is 0 Å². The van der Waals surface area contributed by atoms with Gasteiger partial charge in [0.1, 0.15) is 5.75 Å². The third-order valence-corrected chi connectivity index (χ3v) is 4.98. The van der Waals surface area contributed by atoms with Gasteiger partial charge in [0.25, 0.3) is 0 Å². The molecule has 1 N–H and O–H groups in total. The molecule has 0 atom stereocenters. The summed E-state index contributed by atoms with van der Waals surface area (Å²) in [5.74, 6) is -0.458. The lowest BCUT2D eigenvalue weighted by Gasteiger charge is -2.10. The molecule has 0 radical (unpaired) electrons. The first kappa shape index (κ1) is 20.1. The van der Waals surface area contributed by atoms with Crippen molar-refractivity contribution in [2.45, 2.75) is 17.8 Å². The van der Waals surface area contributed by atoms with Gasteiger partial charge in [-0.05, 0) is 36.4 Å². The molecule has 0 fully saturated rings. The van der Waals surface area contributed by atoms with Crippen LogP contribution in [0.4, 0.5) is 13.2 Å². The molecule has 0 amide bonds. The Kier molecular flexibility index (Phi) is 5.59. The monoisotopic (exact) mass is 433 g/mol. The van der Waals surface area contributed by atoms with Gasteiger partial charge in [0, 0.05) is 16.7 Å². The maximum absolute atomic E-state index is 12.3. The molecular weight excluding hydrogens is 423 g/mol. The zero-order chi connectivity index (χ0) is 20.4. The average Bonchev–Trinajstić information content (AvgIpc) is 3.09. The summed E-state index contributed by atoms with van der Waals surface area (Å²) in [6.45, 7) is -0.354. The lowest BCUT2D eigenvalue weighted by molar-refractivity contribution is -0.274. The Morgan fingerprint density at radius 3 is 2.54 bits per heavy atom. The molecule has 1 aromatic heterocycles. The number of ether oxygens (including phenoxy) is 1. The summed E-state index contributed by atoms with van der Waals surface area (Å²) < 4.78 is 72.3. The molecule has 3 aromatic rings. The molecule has 0 unspecified atom stereocenters. The van der Waals surface area contributed by atoms with Gasteiger partial charge in [-0.2, -0.15) is 4.98 Å². The van der Waals surface area contributed by atoms with Gasteiger partial charge < -0.3 is 9.26 Å². The molecule has 12 heteroatoms. The Bertz CT molecular complexity index is 1070. The SMILES string of the molecule is O=S(=O)(NCc1nc(-c2ccc(Cl)cc2)no1)c1cccc(OC(F)(F)F)c1. The number of hydrogen-bond acceptors (Lipinski definition) is 6. The fourth-order valence-electron chi connectivity index (χ4n) is 2.12. The number of rotatable bonds is 6. The number of nitrogens with zero attached hydrogens (tertiary/aromatic N) is 2. The van der Waals surface area contributed by atoms with Crippen LogP contribution in [-0.2, 0) is 16.6 Å². The van der Waals surface area contributed by atoms with Gasteiger partial charge >= 0.3 is 6.36 Å². The van der Waals surface area contributed by atoms with Crippen LogP contribution in [0.2, 0.25) is 5.02 Å². The van der Waals surface area contributed by atoms with E-state index in [0.717, 1.165) is 24.3 Å². The van der Waals surface area contributed by atoms with Crippen molar-refractivity contribution in [1.29, 1.82) is 0 Å². The Morgan fingerprint density at radius 2 is 1.86 bits per heavy atom. The van der Waals surface area contributed by atoms with Gasteiger partial charge in [-0.3, -0.25) is 0 Å². The molecule has 0 bridgehead atoms. The minimum absolute atomic E-state index is 0.0313. The van der Waals surface area contributed by atoms with Crippen LogP contribution in [0.1, 0.15) is 5.89 Å². The highest BCUT2D eigenvalue weighted by molar-refractivity contribution is 7.89. The van der Waals surface area contributed by atoms with E-state index in [1.807, 2.05) is 0 Å². The first-order valence-electron chi connectivity index (χ1n) is 7.56. The Balaban J connectivity index is 1.70. The number of halogens is 4. The molecule has 0 aliphatic carbocycles. The van der Waals surface area contributed by atoms with Gasteiger partial charge in [-0.15, -0.1) is 13.2 Å². The molecule has 0 saturated heterocycles. The topological polar surface area (TPSA) is 94.3 Å². The zero-order valence-corrected chi connectivity index (χ0v) is 15.3. The van der Waals surface area contributed by atoms with E-state index in [0.29, 0.717) is 10.6 Å². The van der Waals surface area contributed by atoms with Crippen molar-refractivity contribution in [2.24, 2.45) is 0 Å². The van der Waals surface area contributed by atoms with Crippen molar-refractivity contribution in [3.63, 3.8) is 0 Å². The van der Waals surface area contributed by atoms with Crippen LogP contribution in [-0.4, -0.2) is 24.9 Å². The number of hydrogen-bond donors (Lipinski definition) is 1. The molecule has 0 aliphatic heterocycles. The maximum atomic E-state index is 12.3. The standard InChI is InChI=1S/C16H11ClF3N3O4S/c17-11-6-4-10(5-7-11)15-22-14(27-23-15)9-21-28(24,25)13-3-1-2-12(8-13)26-16(18,19)20/h1-8,21H,9H2. The van der Waals surface area contributed by atoms with Gasteiger partial charge in [0.15, 0.2) is 0 Å². The van der Waals surface area contributed by atoms with Gasteiger partial charge in [-0.25, -0.2) is 13.1 Å². The molecule has 1 heterocycles. The maximum Gasteiger partial charge on any atom is 0.573 e. The normalized spacial score (nSPS) is 12.1. The minimum atomic E-state index is -4.93. The van der Waals surface area contributed by atoms with Crippen LogP contribution in [0, 0.1) is 0 Å². The van der Waals surface area contributed by atoms with Crippen LogP contribution < -0.4 is 9.46 Å². The predicted octanol–water partition coefficient (Wildman–Crippen LogP) is 3.77. The molecule has 0 saturated carbocycles. The van der Waals surface area contributed by atoms with E-state index in [9.17, 15) is 21.6 Å². The molecule has 0 aliphatic rings. The average molecular weight is 434 g/mol. The summed E-state index contributed by atoms with van der Waals surface area (Å²) in [4.78, 5) is 3.64. The first-order valence-corrected chi connectivity index (χ1v) is 9.42. The number of alkyl halides is 3. The van der Waals surface area contributed by atoms with Crippen molar-refractivity contribution in [3.05, 3.63) is 59.4 Å². The smallest absolute Gasteiger partial charge is 0.406 e. The Hall–Kier alpha value is -2.63. The van der Waals surface area contributed by atoms with E-state index in [1.54, 1.807) is 24.3 Å². The van der Waals surface area contributed by atoms with Crippen molar-refractivity contribution in [3.8, 4) is 17.1 Å². The van der Waals surface area contributed by atoms with Crippen molar-refractivity contribution < 1.29 is 30.8 Å². The van der Waals surface area contributed by atoms with Gasteiger partial charge in [0.2, 0.25) is 21.7 Å².